The lowest BCUT2D eigenvalue weighted by molar-refractivity contribution is -0.125. The van der Waals surface area contributed by atoms with Crippen LogP contribution in [0, 0.1) is 6.92 Å². The predicted molar refractivity (Wildman–Crippen MR) is 86.9 cm³/mol. The Labute approximate surface area is 132 Å². The van der Waals surface area contributed by atoms with Gasteiger partial charge in [-0.15, -0.1) is 0 Å². The van der Waals surface area contributed by atoms with Gasteiger partial charge in [0.15, 0.2) is 0 Å². The number of carbonyl (C=O) groups is 1. The van der Waals surface area contributed by atoms with Crippen molar-refractivity contribution in [3.05, 3.63) is 24.0 Å². The third-order valence-electron chi connectivity index (χ3n) is 3.65. The van der Waals surface area contributed by atoms with Crippen LogP contribution in [0.4, 0.5) is 5.69 Å². The molecule has 122 valence electrons. The summed E-state index contributed by atoms with van der Waals surface area (Å²) < 4.78 is 5.67. The summed E-state index contributed by atoms with van der Waals surface area (Å²) in [5.74, 6) is 0.0644. The van der Waals surface area contributed by atoms with Gasteiger partial charge in [0.1, 0.15) is 0 Å². The maximum absolute atomic E-state index is 12.0. The Kier molecular flexibility index (Phi) is 6.15. The Morgan fingerprint density at radius 2 is 2.09 bits per heavy atom. The molecule has 0 spiro atoms. The number of ether oxygens (including phenoxy) is 1. The number of morpholine rings is 1. The standard InChI is InChI=1S/C16H26N4O2/c1-12-8-17-5-4-15(12)18-6-7-19-16(21)11-20-9-13(2)22-14(3)10-20/h4-5,8,13-14H,6-7,9-11H2,1-3H3,(H,17,18)(H,19,21). The van der Waals surface area contributed by atoms with E-state index in [1.165, 1.54) is 0 Å². The second-order valence-corrected chi connectivity index (χ2v) is 5.92. The van der Waals surface area contributed by atoms with Crippen LogP contribution < -0.4 is 10.6 Å². The van der Waals surface area contributed by atoms with Crippen LogP contribution in [-0.2, 0) is 9.53 Å². The molecule has 0 saturated carbocycles. The van der Waals surface area contributed by atoms with Crippen molar-refractivity contribution in [2.75, 3.05) is 38.0 Å². The van der Waals surface area contributed by atoms with Gasteiger partial charge in [0, 0.05) is 44.3 Å². The van der Waals surface area contributed by atoms with E-state index in [0.29, 0.717) is 19.6 Å². The predicted octanol–water partition coefficient (Wildman–Crippen LogP) is 1.03. The van der Waals surface area contributed by atoms with Crippen molar-refractivity contribution in [1.29, 1.82) is 0 Å². The number of hydrogen-bond donors (Lipinski definition) is 2. The lowest BCUT2D eigenvalue weighted by atomic mass is 10.2. The number of hydrogen-bond acceptors (Lipinski definition) is 5. The van der Waals surface area contributed by atoms with Gasteiger partial charge in [-0.3, -0.25) is 14.7 Å². The average molecular weight is 306 g/mol. The van der Waals surface area contributed by atoms with E-state index < -0.39 is 0 Å². The summed E-state index contributed by atoms with van der Waals surface area (Å²) >= 11 is 0. The molecule has 1 aliphatic heterocycles. The molecule has 6 heteroatoms. The van der Waals surface area contributed by atoms with Crippen LogP contribution >= 0.6 is 0 Å². The summed E-state index contributed by atoms with van der Waals surface area (Å²) in [6.07, 6.45) is 3.96. The molecule has 0 bridgehead atoms. The van der Waals surface area contributed by atoms with Crippen LogP contribution in [0.15, 0.2) is 18.5 Å². The van der Waals surface area contributed by atoms with Gasteiger partial charge >= 0.3 is 0 Å². The molecule has 22 heavy (non-hydrogen) atoms. The summed E-state index contributed by atoms with van der Waals surface area (Å²) in [5, 5.41) is 6.25. The molecule has 1 aromatic rings. The number of carbonyl (C=O) groups excluding carboxylic acids is 1. The van der Waals surface area contributed by atoms with Crippen LogP contribution in [0.3, 0.4) is 0 Å². The van der Waals surface area contributed by atoms with E-state index in [0.717, 1.165) is 24.3 Å². The monoisotopic (exact) mass is 306 g/mol. The molecule has 1 amide bonds. The third kappa shape index (κ3) is 5.27. The van der Waals surface area contributed by atoms with Crippen molar-refractivity contribution in [1.82, 2.24) is 15.2 Å². The van der Waals surface area contributed by atoms with Gasteiger partial charge in [0.05, 0.1) is 18.8 Å². The first-order valence-electron chi connectivity index (χ1n) is 7.83. The highest BCUT2D eigenvalue weighted by molar-refractivity contribution is 5.78. The number of aryl methyl sites for hydroxylation is 1. The van der Waals surface area contributed by atoms with Crippen LogP contribution in [0.1, 0.15) is 19.4 Å². The number of nitrogens with one attached hydrogen (secondary N) is 2. The Balaban J connectivity index is 1.65. The number of pyridine rings is 1. The largest absolute Gasteiger partial charge is 0.383 e. The smallest absolute Gasteiger partial charge is 0.234 e. The minimum atomic E-state index is 0.0644. The topological polar surface area (TPSA) is 66.5 Å². The first-order valence-corrected chi connectivity index (χ1v) is 7.83. The summed E-state index contributed by atoms with van der Waals surface area (Å²) in [4.78, 5) is 18.2. The van der Waals surface area contributed by atoms with Crippen molar-refractivity contribution in [3.8, 4) is 0 Å². The SMILES string of the molecule is Cc1cnccc1NCCNC(=O)CN1CC(C)OC(C)C1. The molecular formula is C16H26N4O2. The Hall–Kier alpha value is -1.66. The highest BCUT2D eigenvalue weighted by Crippen LogP contribution is 2.11. The molecule has 0 aromatic carbocycles. The van der Waals surface area contributed by atoms with Crippen molar-refractivity contribution in [2.24, 2.45) is 0 Å². The van der Waals surface area contributed by atoms with Gasteiger partial charge in [-0.25, -0.2) is 0 Å². The highest BCUT2D eigenvalue weighted by Gasteiger charge is 2.23. The number of aromatic nitrogens is 1. The maximum atomic E-state index is 12.0. The van der Waals surface area contributed by atoms with E-state index in [1.54, 1.807) is 6.20 Å². The summed E-state index contributed by atoms with van der Waals surface area (Å²) in [6.45, 7) is 9.46. The van der Waals surface area contributed by atoms with Crippen LogP contribution in [0.2, 0.25) is 0 Å². The molecular weight excluding hydrogens is 280 g/mol. The Morgan fingerprint density at radius 1 is 1.36 bits per heavy atom. The molecule has 0 radical (unpaired) electrons. The fourth-order valence-electron chi connectivity index (χ4n) is 2.74. The molecule has 2 atom stereocenters. The van der Waals surface area contributed by atoms with Crippen LogP contribution in [0.5, 0.6) is 0 Å². The fourth-order valence-corrected chi connectivity index (χ4v) is 2.74. The number of nitrogens with zero attached hydrogens (tertiary/aromatic N) is 2. The van der Waals surface area contributed by atoms with Gasteiger partial charge in [-0.1, -0.05) is 0 Å². The van der Waals surface area contributed by atoms with E-state index in [2.05, 4.69) is 20.5 Å². The summed E-state index contributed by atoms with van der Waals surface area (Å²) in [7, 11) is 0. The van der Waals surface area contributed by atoms with E-state index in [4.69, 9.17) is 4.74 Å². The average Bonchev–Trinajstić information content (AvgIpc) is 2.44. The van der Waals surface area contributed by atoms with Gasteiger partial charge in [-0.05, 0) is 32.4 Å². The second kappa shape index (κ2) is 8.10. The number of amides is 1. The lowest BCUT2D eigenvalue weighted by Crippen LogP contribution is -2.49. The van der Waals surface area contributed by atoms with E-state index in [-0.39, 0.29) is 18.1 Å². The molecule has 2 unspecified atom stereocenters. The van der Waals surface area contributed by atoms with Crippen molar-refractivity contribution in [2.45, 2.75) is 33.0 Å². The minimum absolute atomic E-state index is 0.0644. The zero-order valence-corrected chi connectivity index (χ0v) is 13.6. The summed E-state index contributed by atoms with van der Waals surface area (Å²) in [5.41, 5.74) is 2.16. The summed E-state index contributed by atoms with van der Waals surface area (Å²) in [6, 6.07) is 1.94. The first kappa shape index (κ1) is 16.7. The zero-order valence-electron chi connectivity index (χ0n) is 13.6. The van der Waals surface area contributed by atoms with Gasteiger partial charge in [0.2, 0.25) is 5.91 Å². The van der Waals surface area contributed by atoms with Gasteiger partial charge in [-0.2, -0.15) is 0 Å². The lowest BCUT2D eigenvalue weighted by Gasteiger charge is -2.34. The van der Waals surface area contributed by atoms with E-state index in [9.17, 15) is 4.79 Å². The van der Waals surface area contributed by atoms with E-state index >= 15 is 0 Å². The first-order chi connectivity index (χ1) is 10.5. The van der Waals surface area contributed by atoms with Gasteiger partial charge < -0.3 is 15.4 Å². The number of rotatable bonds is 6. The van der Waals surface area contributed by atoms with Crippen molar-refractivity contribution >= 4 is 11.6 Å². The molecule has 1 aliphatic rings. The quantitative estimate of drug-likeness (QED) is 0.768. The molecule has 2 rings (SSSR count). The second-order valence-electron chi connectivity index (χ2n) is 5.92. The fraction of sp³-hybridized carbons (Fsp3) is 0.625. The van der Waals surface area contributed by atoms with Crippen molar-refractivity contribution in [3.63, 3.8) is 0 Å². The Bertz CT molecular complexity index is 485. The van der Waals surface area contributed by atoms with Crippen molar-refractivity contribution < 1.29 is 9.53 Å². The van der Waals surface area contributed by atoms with Gasteiger partial charge in [0.25, 0.3) is 0 Å². The molecule has 1 fully saturated rings. The van der Waals surface area contributed by atoms with Crippen LogP contribution in [0.25, 0.3) is 0 Å². The number of anilines is 1. The normalized spacial score (nSPS) is 22.3. The molecule has 0 aliphatic carbocycles. The van der Waals surface area contributed by atoms with Crippen LogP contribution in [-0.4, -0.2) is 60.7 Å². The zero-order chi connectivity index (χ0) is 15.9. The molecule has 1 aromatic heterocycles. The molecule has 2 heterocycles. The molecule has 2 N–H and O–H groups in total. The molecule has 6 nitrogen and oxygen atoms in total. The minimum Gasteiger partial charge on any atom is -0.383 e. The third-order valence-corrected chi connectivity index (χ3v) is 3.65. The van der Waals surface area contributed by atoms with E-state index in [1.807, 2.05) is 33.0 Å². The maximum Gasteiger partial charge on any atom is 0.234 e. The molecule has 1 saturated heterocycles. The Morgan fingerprint density at radius 3 is 2.77 bits per heavy atom. The highest BCUT2D eigenvalue weighted by atomic mass is 16.5.